The van der Waals surface area contributed by atoms with Crippen LogP contribution in [0.1, 0.15) is 11.1 Å². The first kappa shape index (κ1) is 13.1. The molecule has 0 bridgehead atoms. The molecule has 0 saturated carbocycles. The molecule has 108 valence electrons. The Morgan fingerprint density at radius 3 is 2.59 bits per heavy atom. The second-order valence-electron chi connectivity index (χ2n) is 5.95. The quantitative estimate of drug-likeness (QED) is 0.604. The number of anilines is 1. The van der Waals surface area contributed by atoms with Crippen molar-refractivity contribution in [2.45, 2.75) is 6.92 Å². The molecule has 2 heteroatoms. The number of rotatable bonds is 1. The van der Waals surface area contributed by atoms with Crippen LogP contribution in [-0.2, 0) is 0 Å². The highest BCUT2D eigenvalue weighted by Crippen LogP contribution is 2.30. The molecule has 0 atom stereocenters. The van der Waals surface area contributed by atoms with E-state index in [0.717, 1.165) is 6.67 Å². The summed E-state index contributed by atoms with van der Waals surface area (Å²) in [5, 5.41) is 2.58. The van der Waals surface area contributed by atoms with Crippen LogP contribution in [-0.4, -0.2) is 24.5 Å². The highest BCUT2D eigenvalue weighted by atomic mass is 15.3. The molecular weight excluding hydrogens is 268 g/mol. The number of fused-ring (bicyclic) bond motifs is 2. The van der Waals surface area contributed by atoms with E-state index in [0.29, 0.717) is 0 Å². The van der Waals surface area contributed by atoms with Crippen molar-refractivity contribution >= 4 is 28.4 Å². The summed E-state index contributed by atoms with van der Waals surface area (Å²) in [7, 11) is 2.16. The average Bonchev–Trinajstić information content (AvgIpc) is 2.54. The molecule has 0 amide bonds. The van der Waals surface area contributed by atoms with E-state index in [-0.39, 0.29) is 0 Å². The predicted octanol–water partition coefficient (Wildman–Crippen LogP) is 4.32. The van der Waals surface area contributed by atoms with E-state index in [1.807, 2.05) is 0 Å². The number of aryl methyl sites for hydroxylation is 1. The zero-order valence-corrected chi connectivity index (χ0v) is 13.0. The van der Waals surface area contributed by atoms with Gasteiger partial charge in [-0.05, 0) is 30.0 Å². The third-order valence-electron chi connectivity index (χ3n) is 4.39. The van der Waals surface area contributed by atoms with Crippen molar-refractivity contribution in [3.63, 3.8) is 0 Å². The van der Waals surface area contributed by atoms with Gasteiger partial charge in [0, 0.05) is 13.1 Å². The van der Waals surface area contributed by atoms with Crippen LogP contribution in [0.2, 0.25) is 0 Å². The smallest absolute Gasteiger partial charge is 0.224 e. The fourth-order valence-electron chi connectivity index (χ4n) is 3.42. The van der Waals surface area contributed by atoms with Crippen LogP contribution in [0, 0.1) is 6.92 Å². The van der Waals surface area contributed by atoms with Gasteiger partial charge in [-0.1, -0.05) is 42.5 Å². The van der Waals surface area contributed by atoms with Gasteiger partial charge >= 0.3 is 0 Å². The van der Waals surface area contributed by atoms with Gasteiger partial charge in [0.2, 0.25) is 12.4 Å². The maximum absolute atomic E-state index is 2.34. The van der Waals surface area contributed by atoms with Crippen LogP contribution in [0.4, 0.5) is 11.4 Å². The van der Waals surface area contributed by atoms with Gasteiger partial charge in [0.1, 0.15) is 0 Å². The molecule has 4 rings (SSSR count). The molecule has 22 heavy (non-hydrogen) atoms. The van der Waals surface area contributed by atoms with Gasteiger partial charge in [0.05, 0.1) is 16.6 Å². The van der Waals surface area contributed by atoms with Crippen LogP contribution >= 0.6 is 0 Å². The van der Waals surface area contributed by atoms with Crippen molar-refractivity contribution in [2.75, 3.05) is 18.6 Å². The van der Waals surface area contributed by atoms with Crippen LogP contribution in [0.3, 0.4) is 0 Å². The molecule has 0 fully saturated rings. The summed E-state index contributed by atoms with van der Waals surface area (Å²) in [6.45, 7) is 3.04. The largest absolute Gasteiger partial charge is 0.319 e. The Hall–Kier alpha value is -2.61. The lowest BCUT2D eigenvalue weighted by Gasteiger charge is -2.25. The Morgan fingerprint density at radius 1 is 0.909 bits per heavy atom. The molecule has 3 aromatic rings. The monoisotopic (exact) mass is 287 g/mol. The third-order valence-corrected chi connectivity index (χ3v) is 4.39. The Balaban J connectivity index is 1.93. The Bertz CT molecular complexity index is 888. The van der Waals surface area contributed by atoms with Gasteiger partial charge in [-0.3, -0.25) is 0 Å². The maximum Gasteiger partial charge on any atom is 0.224 e. The molecule has 1 heterocycles. The topological polar surface area (TPSA) is 6.25 Å². The van der Waals surface area contributed by atoms with Gasteiger partial charge in [-0.2, -0.15) is 4.58 Å². The van der Waals surface area contributed by atoms with Crippen LogP contribution in [0.5, 0.6) is 0 Å². The first-order valence-electron chi connectivity index (χ1n) is 7.64. The average molecular weight is 287 g/mol. The van der Waals surface area contributed by atoms with Gasteiger partial charge in [-0.15, -0.1) is 0 Å². The highest BCUT2D eigenvalue weighted by molar-refractivity contribution is 5.93. The second kappa shape index (κ2) is 4.99. The minimum Gasteiger partial charge on any atom is -0.319 e. The molecule has 2 nitrogen and oxygen atoms in total. The zero-order chi connectivity index (χ0) is 15.1. The van der Waals surface area contributed by atoms with E-state index in [1.54, 1.807) is 0 Å². The normalized spacial score (nSPS) is 13.9. The summed E-state index contributed by atoms with van der Waals surface area (Å²) in [6, 6.07) is 21.6. The molecular formula is C20H19N2+. The molecule has 0 aromatic heterocycles. The number of hydrogen-bond donors (Lipinski definition) is 0. The number of benzene rings is 3. The number of hydrogen-bond acceptors (Lipinski definition) is 1. The molecule has 0 spiro atoms. The lowest BCUT2D eigenvalue weighted by Crippen LogP contribution is -2.32. The van der Waals surface area contributed by atoms with Crippen molar-refractivity contribution in [1.82, 2.24) is 0 Å². The van der Waals surface area contributed by atoms with E-state index in [1.165, 1.54) is 33.3 Å². The van der Waals surface area contributed by atoms with E-state index in [9.17, 15) is 0 Å². The summed E-state index contributed by atoms with van der Waals surface area (Å²) >= 11 is 0. The first-order chi connectivity index (χ1) is 10.7. The van der Waals surface area contributed by atoms with E-state index < -0.39 is 0 Å². The minimum absolute atomic E-state index is 0.867. The summed E-state index contributed by atoms with van der Waals surface area (Å²) in [5.74, 6) is 0. The van der Waals surface area contributed by atoms with E-state index in [2.05, 4.69) is 90.3 Å². The van der Waals surface area contributed by atoms with Crippen LogP contribution in [0.25, 0.3) is 10.8 Å². The molecule has 0 N–H and O–H groups in total. The third kappa shape index (κ3) is 2.00. The fourth-order valence-corrected chi connectivity index (χ4v) is 3.42. The van der Waals surface area contributed by atoms with E-state index >= 15 is 0 Å². The van der Waals surface area contributed by atoms with Crippen molar-refractivity contribution in [3.05, 3.63) is 71.8 Å². The van der Waals surface area contributed by atoms with E-state index in [4.69, 9.17) is 0 Å². The maximum atomic E-state index is 2.34. The standard InChI is InChI=1S/C20H19N2/c1-15-7-5-10-17-13-22(14-21(2)20(15)17)19-12-6-9-16-8-3-4-11-18(16)19/h3-13H,14H2,1-2H3/q+1. The van der Waals surface area contributed by atoms with Crippen molar-refractivity contribution < 1.29 is 4.58 Å². The lowest BCUT2D eigenvalue weighted by atomic mass is 10.1. The first-order valence-corrected chi connectivity index (χ1v) is 7.64. The zero-order valence-electron chi connectivity index (χ0n) is 13.0. The molecule has 1 aliphatic rings. The molecule has 0 aliphatic carbocycles. The number of nitrogens with zero attached hydrogens (tertiary/aromatic N) is 2. The Labute approximate surface area is 130 Å². The number of para-hydroxylation sites is 1. The van der Waals surface area contributed by atoms with Crippen LogP contribution < -0.4 is 4.90 Å². The van der Waals surface area contributed by atoms with Crippen molar-refractivity contribution in [2.24, 2.45) is 0 Å². The SMILES string of the molecule is Cc1cccc2c1N(C)C[N+](c1cccc3ccccc13)=C2. The molecule has 0 radical (unpaired) electrons. The molecule has 1 aliphatic heterocycles. The molecule has 0 saturated heterocycles. The van der Waals surface area contributed by atoms with Crippen molar-refractivity contribution in [3.8, 4) is 0 Å². The predicted molar refractivity (Wildman–Crippen MR) is 93.5 cm³/mol. The summed E-state index contributed by atoms with van der Waals surface area (Å²) in [4.78, 5) is 2.33. The molecule has 0 unspecified atom stereocenters. The van der Waals surface area contributed by atoms with Gasteiger partial charge in [-0.25, -0.2) is 0 Å². The Kier molecular flexibility index (Phi) is 2.97. The van der Waals surface area contributed by atoms with Gasteiger partial charge < -0.3 is 4.90 Å². The fraction of sp³-hybridized carbons (Fsp3) is 0.150. The molecule has 3 aromatic carbocycles. The summed E-state index contributed by atoms with van der Waals surface area (Å²) in [6.07, 6.45) is 2.27. The van der Waals surface area contributed by atoms with Crippen LogP contribution in [0.15, 0.2) is 60.7 Å². The highest BCUT2D eigenvalue weighted by Gasteiger charge is 2.24. The lowest BCUT2D eigenvalue weighted by molar-refractivity contribution is -0.433. The second-order valence-corrected chi connectivity index (χ2v) is 5.95. The summed E-state index contributed by atoms with van der Waals surface area (Å²) < 4.78 is 2.34. The minimum atomic E-state index is 0.867. The van der Waals surface area contributed by atoms with Gasteiger partial charge in [0.25, 0.3) is 0 Å². The van der Waals surface area contributed by atoms with Gasteiger partial charge in [0.15, 0.2) is 6.21 Å². The Morgan fingerprint density at radius 2 is 1.68 bits per heavy atom. The van der Waals surface area contributed by atoms with Crippen molar-refractivity contribution in [1.29, 1.82) is 0 Å². The summed E-state index contributed by atoms with van der Waals surface area (Å²) in [5.41, 5.74) is 5.20.